The average Bonchev–Trinajstić information content (AvgIpc) is 3.44. The van der Waals surface area contributed by atoms with Crippen molar-refractivity contribution in [3.63, 3.8) is 0 Å². The second-order valence-corrected chi connectivity index (χ2v) is 15.4. The van der Waals surface area contributed by atoms with Gasteiger partial charge >= 0.3 is 11.6 Å². The van der Waals surface area contributed by atoms with Crippen molar-refractivity contribution >= 4 is 16.9 Å². The maximum absolute atomic E-state index is 14.0. The standard InChI is InChI=1S/C36H47NO10/c1-7-34-16-37(8-2)27-24-25(44-5)26(34)36(27,22(43-4)14-21(34)38)19-15-35(42)29(23(19)33(24,3)28(39)30(35)45-6)47-32(41)18-13-17-11-9-10-12-20(17)46-31(18)40/h9-13,19,21-30,38-39,42H,7-8,14-16H2,1-6H3/t19?,21-,22+,23?,24?,25-,26?,27?,28+,29-,30+,33+,34?,35-,36?/m1/s1. The molecule has 7 unspecified atom stereocenters. The Morgan fingerprint density at radius 3 is 2.47 bits per heavy atom. The number of likely N-dealkylation sites (tertiary alicyclic amines) is 1. The summed E-state index contributed by atoms with van der Waals surface area (Å²) in [6.45, 7) is 7.73. The van der Waals surface area contributed by atoms with Gasteiger partial charge in [-0.25, -0.2) is 9.59 Å². The van der Waals surface area contributed by atoms with E-state index < -0.39 is 63.8 Å². The van der Waals surface area contributed by atoms with E-state index in [1.807, 2.05) is 6.92 Å². The molecular weight excluding hydrogens is 606 g/mol. The minimum atomic E-state index is -1.76. The van der Waals surface area contributed by atoms with Crippen LogP contribution in [0.1, 0.15) is 50.4 Å². The molecule has 11 heteroatoms. The fraction of sp³-hybridized carbons (Fsp3) is 0.722. The molecule has 1 aliphatic heterocycles. The number of nitrogens with zero attached hydrogens (tertiary/aromatic N) is 1. The van der Waals surface area contributed by atoms with E-state index in [4.69, 9.17) is 23.4 Å². The topological polar surface area (TPSA) is 148 Å². The number of ether oxygens (including phenoxy) is 4. The Labute approximate surface area is 274 Å². The van der Waals surface area contributed by atoms with E-state index in [1.165, 1.54) is 13.2 Å². The minimum absolute atomic E-state index is 0.0812. The summed E-state index contributed by atoms with van der Waals surface area (Å²) in [5.41, 5.74) is -4.52. The molecule has 1 saturated heterocycles. The quantitative estimate of drug-likeness (QED) is 0.299. The maximum atomic E-state index is 14.0. The fourth-order valence-electron chi connectivity index (χ4n) is 13.0. The molecule has 256 valence electrons. The van der Waals surface area contributed by atoms with Crippen LogP contribution in [0.15, 0.2) is 39.5 Å². The molecule has 6 fully saturated rings. The highest BCUT2D eigenvalue weighted by Crippen LogP contribution is 2.82. The van der Waals surface area contributed by atoms with Crippen LogP contribution in [-0.2, 0) is 18.9 Å². The summed E-state index contributed by atoms with van der Waals surface area (Å²) in [6, 6.07) is 8.32. The number of para-hydroxylation sites is 1. The molecule has 47 heavy (non-hydrogen) atoms. The molecule has 5 aliphatic carbocycles. The van der Waals surface area contributed by atoms with Gasteiger partial charge in [0.25, 0.3) is 0 Å². The molecule has 1 aromatic heterocycles. The second kappa shape index (κ2) is 10.3. The van der Waals surface area contributed by atoms with Gasteiger partial charge in [0, 0.05) is 79.7 Å². The smallest absolute Gasteiger partial charge is 0.351 e. The molecule has 8 rings (SSSR count). The zero-order valence-corrected chi connectivity index (χ0v) is 27.9. The Balaban J connectivity index is 1.34. The van der Waals surface area contributed by atoms with Crippen molar-refractivity contribution in [1.29, 1.82) is 0 Å². The third-order valence-electron chi connectivity index (χ3n) is 14.5. The second-order valence-electron chi connectivity index (χ2n) is 15.4. The van der Waals surface area contributed by atoms with Crippen LogP contribution in [0.25, 0.3) is 11.0 Å². The van der Waals surface area contributed by atoms with Crippen LogP contribution in [0.3, 0.4) is 0 Å². The lowest BCUT2D eigenvalue weighted by atomic mass is 9.40. The summed E-state index contributed by atoms with van der Waals surface area (Å²) in [6.07, 6.45) is -3.29. The largest absolute Gasteiger partial charge is 0.455 e. The van der Waals surface area contributed by atoms with Gasteiger partial charge in [-0.2, -0.15) is 0 Å². The molecule has 11 nitrogen and oxygen atoms in total. The Morgan fingerprint density at radius 1 is 1.06 bits per heavy atom. The van der Waals surface area contributed by atoms with Crippen LogP contribution in [0.4, 0.5) is 0 Å². The van der Waals surface area contributed by atoms with Crippen LogP contribution in [0.5, 0.6) is 0 Å². The summed E-state index contributed by atoms with van der Waals surface area (Å²) in [7, 11) is 4.88. The zero-order valence-electron chi connectivity index (χ0n) is 27.9. The van der Waals surface area contributed by atoms with Gasteiger partial charge in [0.1, 0.15) is 29.0 Å². The minimum Gasteiger partial charge on any atom is -0.455 e. The van der Waals surface area contributed by atoms with Gasteiger partial charge in [-0.3, -0.25) is 4.90 Å². The van der Waals surface area contributed by atoms with Crippen molar-refractivity contribution < 1.29 is 43.5 Å². The van der Waals surface area contributed by atoms with Gasteiger partial charge in [-0.1, -0.05) is 39.0 Å². The number of carbonyl (C=O) groups is 1. The van der Waals surface area contributed by atoms with Crippen molar-refractivity contribution in [3.05, 3.63) is 46.3 Å². The number of rotatable bonds is 7. The molecular formula is C36H47NO10. The van der Waals surface area contributed by atoms with Crippen molar-refractivity contribution in [2.75, 3.05) is 34.4 Å². The SMILES string of the molecule is CCN1CC2(CC)C3[C@H](OC)C4C1C3(C1C[C@@]3(O)[C@H](OC(=O)c5cc6ccccc6oc5=O)C1[C@]4(C)[C@@H](O)[C@@H]3OC)[C@@H](OC)C[C@H]2O. The number of fused-ring (bicyclic) bond motifs is 3. The summed E-state index contributed by atoms with van der Waals surface area (Å²) >= 11 is 0. The van der Waals surface area contributed by atoms with Crippen LogP contribution < -0.4 is 5.63 Å². The van der Waals surface area contributed by atoms with Crippen LogP contribution in [0.2, 0.25) is 0 Å². The number of carbonyl (C=O) groups excluding carboxylic acids is 1. The molecule has 5 saturated carbocycles. The molecule has 1 spiro atoms. The molecule has 0 radical (unpaired) electrons. The molecule has 1 aromatic carbocycles. The number of benzene rings is 1. The monoisotopic (exact) mass is 653 g/mol. The summed E-state index contributed by atoms with van der Waals surface area (Å²) in [4.78, 5) is 29.6. The first-order chi connectivity index (χ1) is 22.4. The third-order valence-corrected chi connectivity index (χ3v) is 14.5. The first-order valence-electron chi connectivity index (χ1n) is 17.1. The predicted molar refractivity (Wildman–Crippen MR) is 169 cm³/mol. The van der Waals surface area contributed by atoms with Crippen LogP contribution in [0, 0.1) is 39.9 Å². The van der Waals surface area contributed by atoms with Crippen LogP contribution in [-0.4, -0.2) is 109 Å². The van der Waals surface area contributed by atoms with Gasteiger partial charge in [-0.15, -0.1) is 0 Å². The Kier molecular flexibility index (Phi) is 7.00. The number of hydrogen-bond donors (Lipinski definition) is 3. The highest BCUT2D eigenvalue weighted by Gasteiger charge is 2.90. The van der Waals surface area contributed by atoms with Crippen molar-refractivity contribution in [1.82, 2.24) is 4.90 Å². The predicted octanol–water partition coefficient (Wildman–Crippen LogP) is 2.22. The molecule has 6 aliphatic rings. The number of aliphatic hydroxyl groups excluding tert-OH is 2. The first-order valence-corrected chi connectivity index (χ1v) is 17.1. The van der Waals surface area contributed by atoms with E-state index in [9.17, 15) is 24.9 Å². The zero-order chi connectivity index (χ0) is 33.4. The number of aliphatic hydroxyl groups is 3. The van der Waals surface area contributed by atoms with Gasteiger partial charge in [-0.05, 0) is 37.4 Å². The first kappa shape index (κ1) is 31.9. The summed E-state index contributed by atoms with van der Waals surface area (Å²) in [5.74, 6) is -2.10. The normalized spacial score (nSPS) is 49.3. The van der Waals surface area contributed by atoms with Gasteiger partial charge in [0.2, 0.25) is 0 Å². The average molecular weight is 654 g/mol. The molecule has 7 bridgehead atoms. The number of esters is 1. The van der Waals surface area contributed by atoms with Crippen molar-refractivity contribution in [2.24, 2.45) is 39.9 Å². The van der Waals surface area contributed by atoms with E-state index in [0.717, 1.165) is 13.0 Å². The van der Waals surface area contributed by atoms with E-state index >= 15 is 0 Å². The lowest BCUT2D eigenvalue weighted by molar-refractivity contribution is -0.296. The molecule has 2 heterocycles. The highest BCUT2D eigenvalue weighted by atomic mass is 16.6. The van der Waals surface area contributed by atoms with E-state index in [1.54, 1.807) is 38.5 Å². The Morgan fingerprint density at radius 2 is 1.81 bits per heavy atom. The van der Waals surface area contributed by atoms with Crippen molar-refractivity contribution in [3.8, 4) is 0 Å². The molecule has 3 N–H and O–H groups in total. The number of piperidine rings is 1. The highest BCUT2D eigenvalue weighted by molar-refractivity contribution is 5.93. The van der Waals surface area contributed by atoms with Gasteiger partial charge < -0.3 is 38.7 Å². The third kappa shape index (κ3) is 3.47. The molecule has 0 amide bonds. The summed E-state index contributed by atoms with van der Waals surface area (Å²) in [5, 5.41) is 37.7. The fourth-order valence-corrected chi connectivity index (χ4v) is 13.0. The van der Waals surface area contributed by atoms with E-state index in [2.05, 4.69) is 18.7 Å². The molecule has 15 atom stereocenters. The number of hydrogen-bond acceptors (Lipinski definition) is 11. The van der Waals surface area contributed by atoms with Gasteiger partial charge in [0.05, 0.1) is 24.4 Å². The number of methoxy groups -OCH3 is 3. The maximum Gasteiger partial charge on any atom is 0.351 e. The lowest BCUT2D eigenvalue weighted by Gasteiger charge is -2.70. The molecule has 2 aromatic rings. The Bertz CT molecular complexity index is 1660. The summed E-state index contributed by atoms with van der Waals surface area (Å²) < 4.78 is 30.7. The van der Waals surface area contributed by atoms with Gasteiger partial charge in [0.15, 0.2) is 0 Å². The Hall–Kier alpha value is -2.38. The van der Waals surface area contributed by atoms with Crippen molar-refractivity contribution in [2.45, 2.75) is 88.3 Å². The van der Waals surface area contributed by atoms with E-state index in [-0.39, 0.29) is 48.0 Å². The van der Waals surface area contributed by atoms with Crippen LogP contribution >= 0.6 is 0 Å². The van der Waals surface area contributed by atoms with E-state index in [0.29, 0.717) is 23.9 Å². The lowest BCUT2D eigenvalue weighted by Crippen LogP contribution is -2.78.